The molecule has 0 spiro atoms. The summed E-state index contributed by atoms with van der Waals surface area (Å²) in [6.45, 7) is 2.35. The van der Waals surface area contributed by atoms with Gasteiger partial charge in [-0.05, 0) is 69.7 Å². The van der Waals surface area contributed by atoms with Gasteiger partial charge in [0.25, 0.3) is 0 Å². The summed E-state index contributed by atoms with van der Waals surface area (Å²) >= 11 is 0. The van der Waals surface area contributed by atoms with Crippen LogP contribution in [0.15, 0.2) is 45.6 Å². The van der Waals surface area contributed by atoms with Crippen LogP contribution in [0.5, 0.6) is 0 Å². The summed E-state index contributed by atoms with van der Waals surface area (Å²) in [4.78, 5) is 2.35. The normalized spacial score (nSPS) is 21.6. The Labute approximate surface area is 191 Å². The second-order valence-electron chi connectivity index (χ2n) is 7.91. The number of hydrogen-bond acceptors (Lipinski definition) is 3. The van der Waals surface area contributed by atoms with E-state index < -0.39 is 7.92 Å². The van der Waals surface area contributed by atoms with Crippen molar-refractivity contribution in [2.45, 2.75) is 70.0 Å². The standard InChI is InChI=1S/C17H24NO2P.C5H10.2CH3.Fe/c1-13(18(2)3)14-7-4-8-15(14)21(16-9-5-11-19-16)17-10-6-12-20-17;1-2-4-5-3-1;;;/h5-6,9-15H,4,7-8H2,1-3H3;1-5H2;2*1H3;/q;;2*-1;+2/t13-,14?,15?;;;;/m1..../s1. The first-order chi connectivity index (χ1) is 12.7. The van der Waals surface area contributed by atoms with Crippen molar-refractivity contribution >= 4 is 18.9 Å². The SMILES string of the molecule is C1CCCC1.C[C@H](C1CCCC1P(c1ccco1)c1ccco1)N(C)C.[CH3-].[CH3-].[Fe+2]. The van der Waals surface area contributed by atoms with Crippen molar-refractivity contribution in [1.82, 2.24) is 4.90 Å². The molecular formula is C24H40FeNO2P. The number of hydrogen-bond donors (Lipinski definition) is 0. The molecule has 2 aromatic heterocycles. The third kappa shape index (κ3) is 7.58. The third-order valence-corrected chi connectivity index (χ3v) is 8.80. The van der Waals surface area contributed by atoms with Crippen molar-refractivity contribution in [2.75, 3.05) is 14.1 Å². The Morgan fingerprint density at radius 3 is 1.72 bits per heavy atom. The summed E-state index contributed by atoms with van der Waals surface area (Å²) in [6.07, 6.45) is 15.0. The molecule has 0 radical (unpaired) electrons. The Hall–Kier alpha value is -0.531. The van der Waals surface area contributed by atoms with E-state index in [0.29, 0.717) is 17.6 Å². The molecule has 2 saturated carbocycles. The summed E-state index contributed by atoms with van der Waals surface area (Å²) in [5.74, 6) is 0.710. The van der Waals surface area contributed by atoms with Gasteiger partial charge in [0.05, 0.1) is 12.5 Å². The quantitative estimate of drug-likeness (QED) is 0.299. The van der Waals surface area contributed by atoms with Gasteiger partial charge in [-0.1, -0.05) is 38.5 Å². The molecule has 0 aliphatic heterocycles. The van der Waals surface area contributed by atoms with Crippen LogP contribution in [0.3, 0.4) is 0 Å². The van der Waals surface area contributed by atoms with E-state index in [4.69, 9.17) is 8.83 Å². The number of rotatable bonds is 5. The number of furan rings is 2. The van der Waals surface area contributed by atoms with Crippen molar-refractivity contribution in [3.8, 4) is 0 Å². The minimum atomic E-state index is -0.534. The first-order valence-corrected chi connectivity index (χ1v) is 11.6. The average Bonchev–Trinajstić information content (AvgIpc) is 3.44. The molecule has 4 rings (SSSR count). The van der Waals surface area contributed by atoms with Gasteiger partial charge in [-0.2, -0.15) is 0 Å². The molecule has 0 amide bonds. The van der Waals surface area contributed by atoms with Crippen molar-refractivity contribution < 1.29 is 25.9 Å². The maximum absolute atomic E-state index is 5.78. The van der Waals surface area contributed by atoms with E-state index >= 15 is 0 Å². The Balaban J connectivity index is 0.000000863. The first kappa shape index (κ1) is 28.5. The average molecular weight is 461 g/mol. The molecule has 0 aromatic carbocycles. The van der Waals surface area contributed by atoms with Crippen LogP contribution in [0, 0.1) is 20.8 Å². The second kappa shape index (κ2) is 14.5. The summed E-state index contributed by atoms with van der Waals surface area (Å²) in [5.41, 5.74) is 2.85. The monoisotopic (exact) mass is 461 g/mol. The molecule has 3 nitrogen and oxygen atoms in total. The van der Waals surface area contributed by atoms with Crippen LogP contribution in [0.25, 0.3) is 0 Å². The summed E-state index contributed by atoms with van der Waals surface area (Å²) in [5, 5.41) is 0. The molecule has 2 heterocycles. The van der Waals surface area contributed by atoms with Crippen LogP contribution in [-0.4, -0.2) is 30.7 Å². The molecule has 3 atom stereocenters. The minimum absolute atomic E-state index is 0. The third-order valence-electron chi connectivity index (χ3n) is 6.03. The predicted octanol–water partition coefficient (Wildman–Crippen LogP) is 6.27. The topological polar surface area (TPSA) is 29.5 Å². The van der Waals surface area contributed by atoms with Gasteiger partial charge in [0, 0.05) is 14.0 Å². The summed E-state index contributed by atoms with van der Waals surface area (Å²) < 4.78 is 11.6. The van der Waals surface area contributed by atoms with E-state index in [9.17, 15) is 0 Å². The molecule has 2 aliphatic rings. The van der Waals surface area contributed by atoms with E-state index in [0.717, 1.165) is 11.0 Å². The van der Waals surface area contributed by atoms with Crippen LogP contribution in [0.1, 0.15) is 58.3 Å². The molecule has 2 unspecified atom stereocenters. The molecule has 0 N–H and O–H groups in total. The molecule has 166 valence electrons. The fraction of sp³-hybridized carbons (Fsp3) is 0.583. The van der Waals surface area contributed by atoms with Crippen molar-refractivity contribution in [1.29, 1.82) is 0 Å². The largest absolute Gasteiger partial charge is 2.00 e. The first-order valence-electron chi connectivity index (χ1n) is 10.2. The van der Waals surface area contributed by atoms with E-state index in [1.807, 2.05) is 12.1 Å². The van der Waals surface area contributed by atoms with E-state index in [-0.39, 0.29) is 31.9 Å². The van der Waals surface area contributed by atoms with Crippen LogP contribution < -0.4 is 11.0 Å². The van der Waals surface area contributed by atoms with Crippen LogP contribution in [0.4, 0.5) is 0 Å². The van der Waals surface area contributed by atoms with Gasteiger partial charge >= 0.3 is 17.1 Å². The predicted molar refractivity (Wildman–Crippen MR) is 124 cm³/mol. The maximum atomic E-state index is 5.78. The Morgan fingerprint density at radius 1 is 0.862 bits per heavy atom. The Bertz CT molecular complexity index is 569. The minimum Gasteiger partial charge on any atom is -0.464 e. The molecule has 2 fully saturated rings. The molecule has 5 heteroatoms. The van der Waals surface area contributed by atoms with Gasteiger partial charge in [0.2, 0.25) is 0 Å². The van der Waals surface area contributed by atoms with Gasteiger partial charge < -0.3 is 28.6 Å². The molecular weight excluding hydrogens is 421 g/mol. The summed E-state index contributed by atoms with van der Waals surface area (Å²) in [6, 6.07) is 8.81. The maximum Gasteiger partial charge on any atom is 2.00 e. The second-order valence-corrected chi connectivity index (χ2v) is 10.2. The fourth-order valence-corrected chi connectivity index (χ4v) is 7.30. The van der Waals surface area contributed by atoms with Crippen LogP contribution in [-0.2, 0) is 17.1 Å². The van der Waals surface area contributed by atoms with Crippen molar-refractivity contribution in [3.05, 3.63) is 51.6 Å². The van der Waals surface area contributed by atoms with Crippen LogP contribution >= 0.6 is 7.92 Å². The smallest absolute Gasteiger partial charge is 0.464 e. The molecule has 2 aromatic rings. The molecule has 2 aliphatic carbocycles. The van der Waals surface area contributed by atoms with Crippen LogP contribution in [0.2, 0.25) is 0 Å². The van der Waals surface area contributed by atoms with Gasteiger partial charge in [-0.3, -0.25) is 0 Å². The van der Waals surface area contributed by atoms with Crippen molar-refractivity contribution in [2.24, 2.45) is 5.92 Å². The number of nitrogens with zero attached hydrogens (tertiary/aromatic N) is 1. The fourth-order valence-electron chi connectivity index (χ4n) is 4.37. The summed E-state index contributed by atoms with van der Waals surface area (Å²) in [7, 11) is 3.83. The van der Waals surface area contributed by atoms with E-state index in [2.05, 4.69) is 38.1 Å². The molecule has 29 heavy (non-hydrogen) atoms. The molecule has 0 bridgehead atoms. The van der Waals surface area contributed by atoms with Gasteiger partial charge in [-0.25, -0.2) is 0 Å². The van der Waals surface area contributed by atoms with Gasteiger partial charge in [-0.15, -0.1) is 0 Å². The Kier molecular flexibility index (Phi) is 14.2. The molecule has 0 saturated heterocycles. The zero-order valence-corrected chi connectivity index (χ0v) is 20.9. The zero-order chi connectivity index (χ0) is 18.4. The van der Waals surface area contributed by atoms with E-state index in [1.165, 1.54) is 51.4 Å². The Morgan fingerprint density at radius 2 is 1.34 bits per heavy atom. The van der Waals surface area contributed by atoms with Gasteiger partial charge in [0.15, 0.2) is 0 Å². The van der Waals surface area contributed by atoms with E-state index in [1.54, 1.807) is 12.5 Å². The zero-order valence-electron chi connectivity index (χ0n) is 18.9. The van der Waals surface area contributed by atoms with Crippen molar-refractivity contribution in [3.63, 3.8) is 0 Å². The van der Waals surface area contributed by atoms with Gasteiger partial charge in [0.1, 0.15) is 11.0 Å².